The monoisotopic (exact) mass is 254 g/mol. The molecule has 0 saturated carbocycles. The molecule has 18 heavy (non-hydrogen) atoms. The molecule has 4 unspecified atom stereocenters. The van der Waals surface area contributed by atoms with Crippen LogP contribution in [0.25, 0.3) is 0 Å². The molecule has 0 aromatic carbocycles. The molecule has 2 bridgehead atoms. The number of carbonyl (C=O) groups excluding carboxylic acids is 1. The second kappa shape index (κ2) is 5.26. The Labute approximate surface area is 108 Å². The van der Waals surface area contributed by atoms with Crippen LogP contribution in [-0.4, -0.2) is 46.6 Å². The van der Waals surface area contributed by atoms with Gasteiger partial charge < -0.3 is 10.4 Å². The smallest absolute Gasteiger partial charge is 0.308 e. The largest absolute Gasteiger partial charge is 0.481 e. The van der Waals surface area contributed by atoms with Gasteiger partial charge in [-0.15, -0.1) is 0 Å². The van der Waals surface area contributed by atoms with Crippen LogP contribution in [0.5, 0.6) is 0 Å². The molecule has 0 radical (unpaired) electrons. The molecule has 2 N–H and O–H groups in total. The van der Waals surface area contributed by atoms with Crippen LogP contribution in [0.4, 0.5) is 0 Å². The SMILES string of the molecule is CCCNC(=O)C(C)N1C2CCC1C(C(=O)O)C2. The third-order valence-corrected chi connectivity index (χ3v) is 4.28. The summed E-state index contributed by atoms with van der Waals surface area (Å²) in [6.45, 7) is 4.60. The minimum atomic E-state index is -0.714. The molecule has 102 valence electrons. The lowest BCUT2D eigenvalue weighted by Gasteiger charge is -2.28. The van der Waals surface area contributed by atoms with E-state index in [-0.39, 0.29) is 30.0 Å². The summed E-state index contributed by atoms with van der Waals surface area (Å²) in [4.78, 5) is 25.3. The maximum Gasteiger partial charge on any atom is 0.308 e. The van der Waals surface area contributed by atoms with Crippen molar-refractivity contribution in [1.82, 2.24) is 10.2 Å². The van der Waals surface area contributed by atoms with E-state index in [2.05, 4.69) is 10.2 Å². The van der Waals surface area contributed by atoms with Crippen molar-refractivity contribution < 1.29 is 14.7 Å². The van der Waals surface area contributed by atoms with E-state index in [0.29, 0.717) is 13.0 Å². The molecule has 2 saturated heterocycles. The highest BCUT2D eigenvalue weighted by molar-refractivity contribution is 5.82. The van der Waals surface area contributed by atoms with E-state index in [1.807, 2.05) is 13.8 Å². The van der Waals surface area contributed by atoms with Gasteiger partial charge in [0.05, 0.1) is 12.0 Å². The normalized spacial score (nSPS) is 32.4. The van der Waals surface area contributed by atoms with Gasteiger partial charge in [-0.25, -0.2) is 0 Å². The standard InChI is InChI=1S/C13H22N2O3/c1-3-6-14-12(16)8(2)15-9-4-5-11(15)10(7-9)13(17)18/h8-11H,3-7H2,1-2H3,(H,14,16)(H,17,18). The van der Waals surface area contributed by atoms with Gasteiger partial charge in [-0.3, -0.25) is 14.5 Å². The molecule has 2 rings (SSSR count). The van der Waals surface area contributed by atoms with Crippen LogP contribution < -0.4 is 5.32 Å². The number of amides is 1. The summed E-state index contributed by atoms with van der Waals surface area (Å²) in [5, 5.41) is 12.1. The highest BCUT2D eigenvalue weighted by atomic mass is 16.4. The lowest BCUT2D eigenvalue weighted by atomic mass is 9.89. The number of hydrogen-bond acceptors (Lipinski definition) is 3. The van der Waals surface area contributed by atoms with E-state index in [4.69, 9.17) is 0 Å². The molecular weight excluding hydrogens is 232 g/mol. The molecule has 2 aliphatic rings. The molecule has 5 nitrogen and oxygen atoms in total. The lowest BCUT2D eigenvalue weighted by molar-refractivity contribution is -0.143. The molecule has 2 heterocycles. The van der Waals surface area contributed by atoms with E-state index in [1.165, 1.54) is 0 Å². The molecule has 0 aromatic heterocycles. The number of hydrogen-bond donors (Lipinski definition) is 2. The van der Waals surface area contributed by atoms with E-state index in [9.17, 15) is 14.7 Å². The van der Waals surface area contributed by atoms with E-state index < -0.39 is 5.97 Å². The maximum absolute atomic E-state index is 12.0. The zero-order valence-corrected chi connectivity index (χ0v) is 11.1. The first-order chi connectivity index (χ1) is 8.56. The van der Waals surface area contributed by atoms with Gasteiger partial charge in [-0.2, -0.15) is 0 Å². The predicted octanol–water partition coefficient (Wildman–Crippen LogP) is 0.839. The molecular formula is C13H22N2O3. The average Bonchev–Trinajstić information content (AvgIpc) is 2.92. The van der Waals surface area contributed by atoms with Crippen molar-refractivity contribution in [2.75, 3.05) is 6.54 Å². The Kier molecular flexibility index (Phi) is 3.90. The summed E-state index contributed by atoms with van der Waals surface area (Å²) < 4.78 is 0. The van der Waals surface area contributed by atoms with Gasteiger partial charge in [0.1, 0.15) is 0 Å². The third kappa shape index (κ3) is 2.23. The van der Waals surface area contributed by atoms with Crippen molar-refractivity contribution in [3.8, 4) is 0 Å². The number of carbonyl (C=O) groups is 2. The molecule has 4 atom stereocenters. The van der Waals surface area contributed by atoms with E-state index in [0.717, 1.165) is 19.3 Å². The Morgan fingerprint density at radius 1 is 1.44 bits per heavy atom. The second-order valence-electron chi connectivity index (χ2n) is 5.39. The third-order valence-electron chi connectivity index (χ3n) is 4.28. The average molecular weight is 254 g/mol. The second-order valence-corrected chi connectivity index (χ2v) is 5.39. The fourth-order valence-corrected chi connectivity index (χ4v) is 3.43. The molecule has 0 aliphatic carbocycles. The fraction of sp³-hybridized carbons (Fsp3) is 0.846. The highest BCUT2D eigenvalue weighted by Crippen LogP contribution is 2.42. The molecule has 1 amide bonds. The number of nitrogens with one attached hydrogen (secondary N) is 1. The van der Waals surface area contributed by atoms with Gasteiger partial charge in [0, 0.05) is 18.6 Å². The summed E-state index contributed by atoms with van der Waals surface area (Å²) in [6.07, 6.45) is 3.56. The van der Waals surface area contributed by atoms with Crippen LogP contribution in [0.3, 0.4) is 0 Å². The Morgan fingerprint density at radius 3 is 2.72 bits per heavy atom. The Bertz CT molecular complexity index is 345. The Hall–Kier alpha value is -1.10. The van der Waals surface area contributed by atoms with Crippen LogP contribution >= 0.6 is 0 Å². The highest BCUT2D eigenvalue weighted by Gasteiger charge is 2.51. The fourth-order valence-electron chi connectivity index (χ4n) is 3.43. The number of fused-ring (bicyclic) bond motifs is 2. The van der Waals surface area contributed by atoms with Crippen molar-refractivity contribution in [2.45, 2.75) is 57.7 Å². The molecule has 2 aliphatic heterocycles. The zero-order chi connectivity index (χ0) is 13.3. The van der Waals surface area contributed by atoms with Crippen LogP contribution in [0, 0.1) is 5.92 Å². The van der Waals surface area contributed by atoms with Crippen LogP contribution in [0.2, 0.25) is 0 Å². The first-order valence-electron chi connectivity index (χ1n) is 6.84. The van der Waals surface area contributed by atoms with Crippen molar-refractivity contribution in [3.63, 3.8) is 0 Å². The number of nitrogens with zero attached hydrogens (tertiary/aromatic N) is 1. The summed E-state index contributed by atoms with van der Waals surface area (Å²) in [6, 6.07) is 0.117. The summed E-state index contributed by atoms with van der Waals surface area (Å²) in [5.74, 6) is -0.974. The molecule has 5 heteroatoms. The number of carboxylic acids is 1. The van der Waals surface area contributed by atoms with E-state index in [1.54, 1.807) is 0 Å². The zero-order valence-electron chi connectivity index (χ0n) is 11.1. The van der Waals surface area contributed by atoms with Gasteiger partial charge in [-0.1, -0.05) is 6.92 Å². The quantitative estimate of drug-likeness (QED) is 0.762. The van der Waals surface area contributed by atoms with E-state index >= 15 is 0 Å². The predicted molar refractivity (Wildman–Crippen MR) is 67.2 cm³/mol. The Morgan fingerprint density at radius 2 is 2.17 bits per heavy atom. The van der Waals surface area contributed by atoms with Gasteiger partial charge in [0.15, 0.2) is 0 Å². The summed E-state index contributed by atoms with van der Waals surface area (Å²) >= 11 is 0. The van der Waals surface area contributed by atoms with Gasteiger partial charge in [0.25, 0.3) is 0 Å². The van der Waals surface area contributed by atoms with Crippen molar-refractivity contribution >= 4 is 11.9 Å². The summed E-state index contributed by atoms with van der Waals surface area (Å²) in [7, 11) is 0. The number of aliphatic carboxylic acids is 1. The minimum absolute atomic E-state index is 0.0276. The topological polar surface area (TPSA) is 69.6 Å². The lowest BCUT2D eigenvalue weighted by Crippen LogP contribution is -2.48. The van der Waals surface area contributed by atoms with Crippen LogP contribution in [0.1, 0.15) is 39.5 Å². The van der Waals surface area contributed by atoms with Gasteiger partial charge in [-0.05, 0) is 32.6 Å². The number of rotatable bonds is 5. The molecule has 0 aromatic rings. The molecule has 0 spiro atoms. The van der Waals surface area contributed by atoms with Crippen LogP contribution in [-0.2, 0) is 9.59 Å². The molecule has 2 fully saturated rings. The first kappa shape index (κ1) is 13.3. The van der Waals surface area contributed by atoms with Crippen molar-refractivity contribution in [1.29, 1.82) is 0 Å². The van der Waals surface area contributed by atoms with Crippen molar-refractivity contribution in [2.24, 2.45) is 5.92 Å². The maximum atomic E-state index is 12.0. The minimum Gasteiger partial charge on any atom is -0.481 e. The number of carboxylic acid groups (broad SMARTS) is 1. The summed E-state index contributed by atoms with van der Waals surface area (Å²) in [5.41, 5.74) is 0. The first-order valence-corrected chi connectivity index (χ1v) is 6.84. The Balaban J connectivity index is 2.01. The van der Waals surface area contributed by atoms with Crippen LogP contribution in [0.15, 0.2) is 0 Å². The van der Waals surface area contributed by atoms with Gasteiger partial charge >= 0.3 is 5.97 Å². The van der Waals surface area contributed by atoms with Gasteiger partial charge in [0.2, 0.25) is 5.91 Å². The van der Waals surface area contributed by atoms with Crippen molar-refractivity contribution in [3.05, 3.63) is 0 Å².